The summed E-state index contributed by atoms with van der Waals surface area (Å²) in [7, 11) is -0.429. The number of alkyl halides is 2. The van der Waals surface area contributed by atoms with Crippen LogP contribution in [0.2, 0.25) is 23.2 Å². The molecule has 1 heterocycles. The molecule has 0 aromatic heterocycles. The summed E-state index contributed by atoms with van der Waals surface area (Å²) in [4.78, 5) is 0. The molecule has 0 unspecified atom stereocenters. The van der Waals surface area contributed by atoms with Crippen molar-refractivity contribution in [3.8, 4) is 0 Å². The summed E-state index contributed by atoms with van der Waals surface area (Å²) in [6.45, 7) is 2.29. The van der Waals surface area contributed by atoms with Crippen LogP contribution in [-0.2, 0) is 6.42 Å². The fourth-order valence-corrected chi connectivity index (χ4v) is 10.1. The van der Waals surface area contributed by atoms with Gasteiger partial charge in [-0.3, -0.25) is 0 Å². The molecule has 2 fully saturated rings. The lowest BCUT2D eigenvalue weighted by Gasteiger charge is -2.37. The van der Waals surface area contributed by atoms with E-state index in [0.717, 1.165) is 30.7 Å². The van der Waals surface area contributed by atoms with Crippen LogP contribution in [-0.4, -0.2) is 8.80 Å². The summed E-state index contributed by atoms with van der Waals surface area (Å²) in [6.07, 6.45) is 12.4. The van der Waals surface area contributed by atoms with Crippen LogP contribution in [0.3, 0.4) is 0 Å². The zero-order valence-corrected chi connectivity index (χ0v) is 22.1. The highest BCUT2D eigenvalue weighted by Gasteiger charge is 2.31. The van der Waals surface area contributed by atoms with Crippen molar-refractivity contribution in [3.05, 3.63) is 33.9 Å². The van der Waals surface area contributed by atoms with Crippen molar-refractivity contribution < 1.29 is 17.6 Å². The number of benzene rings is 1. The fraction of sp³-hybridized carbons (Fsp3) is 0.778. The highest BCUT2D eigenvalue weighted by Crippen LogP contribution is 2.42. The second-order valence-corrected chi connectivity index (χ2v) is 14.5. The van der Waals surface area contributed by atoms with Gasteiger partial charge in [0, 0.05) is 8.80 Å². The Kier molecular flexibility index (Phi) is 11.1. The van der Waals surface area contributed by atoms with Gasteiger partial charge in [-0.15, -0.1) is 0 Å². The van der Waals surface area contributed by atoms with Crippen molar-refractivity contribution in [1.82, 2.24) is 0 Å². The Bertz CT molecular complexity index is 725. The highest BCUT2D eigenvalue weighted by atomic mass is 35.5. The molecule has 0 N–H and O–H groups in total. The first-order valence-corrected chi connectivity index (χ1v) is 16.2. The van der Waals surface area contributed by atoms with Gasteiger partial charge in [0.25, 0.3) is 6.43 Å². The standard InChI is InChI=1S/C27H41ClF4Si/c1-2-3-6-15-33-16-13-21(14-17-33)20-11-9-19(10-12-20)7-4-5-8-22-18-23(29)25(28)26(30)24(22)27(31)32/h18-21,27,33H,2-17H2,1H3/t19-,20-,21-,33-. The molecule has 3 rings (SSSR count). The van der Waals surface area contributed by atoms with E-state index in [2.05, 4.69) is 6.92 Å². The predicted molar refractivity (Wildman–Crippen MR) is 133 cm³/mol. The van der Waals surface area contributed by atoms with Crippen LogP contribution < -0.4 is 0 Å². The Balaban J connectivity index is 1.35. The molecule has 33 heavy (non-hydrogen) atoms. The topological polar surface area (TPSA) is 0 Å². The van der Waals surface area contributed by atoms with Crippen LogP contribution in [0.4, 0.5) is 17.6 Å². The van der Waals surface area contributed by atoms with Crippen molar-refractivity contribution in [3.63, 3.8) is 0 Å². The second-order valence-electron chi connectivity index (χ2n) is 10.7. The first-order valence-electron chi connectivity index (χ1n) is 13.3. The maximum atomic E-state index is 14.0. The third-order valence-electron chi connectivity index (χ3n) is 8.48. The Labute approximate surface area is 204 Å². The molecule has 0 atom stereocenters. The maximum Gasteiger partial charge on any atom is 0.266 e. The van der Waals surface area contributed by atoms with Crippen LogP contribution in [0.5, 0.6) is 0 Å². The molecule has 1 aliphatic heterocycles. The summed E-state index contributed by atoms with van der Waals surface area (Å²) in [6, 6.07) is 5.70. The lowest BCUT2D eigenvalue weighted by atomic mass is 9.73. The Morgan fingerprint density at radius 1 is 0.939 bits per heavy atom. The van der Waals surface area contributed by atoms with Crippen LogP contribution in [0, 0.1) is 29.4 Å². The van der Waals surface area contributed by atoms with Gasteiger partial charge in [0.05, 0.1) is 5.56 Å². The van der Waals surface area contributed by atoms with Crippen LogP contribution in [0.15, 0.2) is 6.07 Å². The van der Waals surface area contributed by atoms with E-state index in [1.807, 2.05) is 0 Å². The molecule has 1 aromatic rings. The number of unbranched alkanes of at least 4 members (excludes halogenated alkanes) is 3. The monoisotopic (exact) mass is 504 g/mol. The minimum Gasteiger partial charge on any atom is -0.205 e. The molecule has 2 aliphatic rings. The van der Waals surface area contributed by atoms with Gasteiger partial charge in [-0.05, 0) is 55.1 Å². The van der Waals surface area contributed by atoms with Gasteiger partial charge in [0.15, 0.2) is 5.82 Å². The lowest BCUT2D eigenvalue weighted by Crippen LogP contribution is -2.28. The quantitative estimate of drug-likeness (QED) is 0.122. The lowest BCUT2D eigenvalue weighted by molar-refractivity contribution is 0.145. The number of hydrogen-bond donors (Lipinski definition) is 0. The SMILES string of the molecule is CCCCC[Si@H]1CC[C@H]([C@H]2CC[C@H](CCCCc3cc(F)c(Cl)c(F)c3C(F)F)CC2)CC1. The molecule has 0 radical (unpaired) electrons. The first kappa shape index (κ1) is 27.0. The van der Waals surface area contributed by atoms with E-state index in [1.54, 1.807) is 18.1 Å². The highest BCUT2D eigenvalue weighted by molar-refractivity contribution is 6.58. The van der Waals surface area contributed by atoms with Crippen molar-refractivity contribution in [2.45, 2.75) is 115 Å². The molecule has 0 nitrogen and oxygen atoms in total. The second kappa shape index (κ2) is 13.5. The molecule has 6 heteroatoms. The largest absolute Gasteiger partial charge is 0.266 e. The molecule has 1 aliphatic carbocycles. The summed E-state index contributed by atoms with van der Waals surface area (Å²) < 4.78 is 54.3. The smallest absolute Gasteiger partial charge is 0.205 e. The Hall–Kier alpha value is -0.553. The molecule has 1 saturated heterocycles. The van der Waals surface area contributed by atoms with E-state index < -0.39 is 37.4 Å². The van der Waals surface area contributed by atoms with E-state index in [-0.39, 0.29) is 12.0 Å². The number of hydrogen-bond acceptors (Lipinski definition) is 0. The van der Waals surface area contributed by atoms with Crippen molar-refractivity contribution >= 4 is 20.4 Å². The van der Waals surface area contributed by atoms with Crippen molar-refractivity contribution in [1.29, 1.82) is 0 Å². The Morgan fingerprint density at radius 3 is 2.24 bits per heavy atom. The average Bonchev–Trinajstić information content (AvgIpc) is 2.81. The molecule has 1 aromatic carbocycles. The van der Waals surface area contributed by atoms with E-state index in [4.69, 9.17) is 11.6 Å². The van der Waals surface area contributed by atoms with Gasteiger partial charge in [-0.25, -0.2) is 17.6 Å². The number of aryl methyl sites for hydroxylation is 1. The molecule has 1 saturated carbocycles. The zero-order valence-electron chi connectivity index (χ0n) is 20.2. The third-order valence-corrected chi connectivity index (χ3v) is 12.3. The average molecular weight is 505 g/mol. The fourth-order valence-electron chi connectivity index (χ4n) is 6.43. The van der Waals surface area contributed by atoms with E-state index in [0.29, 0.717) is 12.3 Å². The van der Waals surface area contributed by atoms with Gasteiger partial charge in [0.2, 0.25) is 0 Å². The van der Waals surface area contributed by atoms with E-state index >= 15 is 0 Å². The minimum absolute atomic E-state index is 0.0574. The van der Waals surface area contributed by atoms with Crippen molar-refractivity contribution in [2.75, 3.05) is 0 Å². The van der Waals surface area contributed by atoms with Crippen LogP contribution >= 0.6 is 11.6 Å². The molecule has 0 bridgehead atoms. The predicted octanol–water partition coefficient (Wildman–Crippen LogP) is 9.90. The first-order chi connectivity index (χ1) is 15.9. The van der Waals surface area contributed by atoms with E-state index in [1.165, 1.54) is 57.8 Å². The molecular weight excluding hydrogens is 464 g/mol. The van der Waals surface area contributed by atoms with Gasteiger partial charge in [0.1, 0.15) is 10.8 Å². The van der Waals surface area contributed by atoms with Gasteiger partial charge in [-0.2, -0.15) is 0 Å². The zero-order chi connectivity index (χ0) is 23.8. The van der Waals surface area contributed by atoms with E-state index in [9.17, 15) is 17.6 Å². The van der Waals surface area contributed by atoms with Gasteiger partial charge in [-0.1, -0.05) is 94.4 Å². The molecule has 0 spiro atoms. The summed E-state index contributed by atoms with van der Waals surface area (Å²) >= 11 is 5.48. The minimum atomic E-state index is -2.98. The summed E-state index contributed by atoms with van der Waals surface area (Å²) in [5, 5.41) is -0.835. The van der Waals surface area contributed by atoms with Crippen LogP contribution in [0.25, 0.3) is 0 Å². The number of halogens is 5. The van der Waals surface area contributed by atoms with Gasteiger partial charge >= 0.3 is 0 Å². The summed E-state index contributed by atoms with van der Waals surface area (Å²) in [5.74, 6) is 0.334. The molecule has 188 valence electrons. The van der Waals surface area contributed by atoms with Gasteiger partial charge < -0.3 is 0 Å². The maximum absolute atomic E-state index is 14.0. The summed E-state index contributed by atoms with van der Waals surface area (Å²) in [5.41, 5.74) is -0.674. The third kappa shape index (κ3) is 7.72. The Morgan fingerprint density at radius 2 is 1.61 bits per heavy atom. The molecule has 0 amide bonds. The molecular formula is C27H41ClF4Si. The number of rotatable bonds is 11. The van der Waals surface area contributed by atoms with Crippen LogP contribution in [0.1, 0.15) is 102 Å². The normalized spacial score (nSPS) is 26.2. The van der Waals surface area contributed by atoms with Crippen molar-refractivity contribution in [2.24, 2.45) is 17.8 Å².